The predicted molar refractivity (Wildman–Crippen MR) is 118 cm³/mol. The third-order valence-electron chi connectivity index (χ3n) is 5.89. The van der Waals surface area contributed by atoms with Crippen LogP contribution in [0.1, 0.15) is 64.5 Å². The van der Waals surface area contributed by atoms with E-state index >= 15 is 0 Å². The lowest BCUT2D eigenvalue weighted by Gasteiger charge is -2.30. The molecule has 6 heteroatoms. The lowest BCUT2D eigenvalue weighted by molar-refractivity contribution is 0.0643. The quantitative estimate of drug-likeness (QED) is 0.714. The van der Waals surface area contributed by atoms with Gasteiger partial charge in [0.25, 0.3) is 11.8 Å². The van der Waals surface area contributed by atoms with Gasteiger partial charge in [0, 0.05) is 24.7 Å². The van der Waals surface area contributed by atoms with Crippen LogP contribution >= 0.6 is 0 Å². The molecular weight excluding hydrogens is 376 g/mol. The Morgan fingerprint density at radius 2 is 1.83 bits per heavy atom. The van der Waals surface area contributed by atoms with E-state index in [1.807, 2.05) is 36.3 Å². The van der Waals surface area contributed by atoms with Crippen LogP contribution in [0.15, 0.2) is 36.4 Å². The van der Waals surface area contributed by atoms with E-state index in [0.29, 0.717) is 30.0 Å². The standard InChI is InChI=1S/C24H28N4O2/c1-14(2)27-10-11-28-21-9-7-18(13-20(21)26-22(28)24(27)30)23(29)25-17(5)19-8-6-15(3)12-16(19)4/h6-9,12-14,17H,10-11H2,1-5H3,(H,25,29)/t17-/m0/s1. The van der Waals surface area contributed by atoms with Gasteiger partial charge >= 0.3 is 0 Å². The van der Waals surface area contributed by atoms with Crippen molar-refractivity contribution in [1.29, 1.82) is 0 Å². The van der Waals surface area contributed by atoms with Crippen molar-refractivity contribution in [3.8, 4) is 0 Å². The zero-order valence-electron chi connectivity index (χ0n) is 18.2. The van der Waals surface area contributed by atoms with E-state index in [4.69, 9.17) is 0 Å². The third kappa shape index (κ3) is 3.47. The number of imidazole rings is 1. The number of hydrogen-bond acceptors (Lipinski definition) is 3. The van der Waals surface area contributed by atoms with Gasteiger partial charge in [0.15, 0.2) is 5.82 Å². The van der Waals surface area contributed by atoms with Crippen LogP contribution in [0.25, 0.3) is 11.0 Å². The molecule has 0 spiro atoms. The topological polar surface area (TPSA) is 67.2 Å². The summed E-state index contributed by atoms with van der Waals surface area (Å²) in [6.07, 6.45) is 0. The van der Waals surface area contributed by atoms with Crippen molar-refractivity contribution < 1.29 is 9.59 Å². The SMILES string of the molecule is Cc1ccc([C@H](C)NC(=O)c2ccc3c(c2)nc2n3CCN(C(C)C)C2=O)c(C)c1. The number of rotatable bonds is 4. The Balaban J connectivity index is 1.59. The summed E-state index contributed by atoms with van der Waals surface area (Å²) in [4.78, 5) is 32.0. The molecule has 4 rings (SSSR count). The van der Waals surface area contributed by atoms with E-state index in [2.05, 4.69) is 42.3 Å². The van der Waals surface area contributed by atoms with Crippen LogP contribution < -0.4 is 5.32 Å². The maximum absolute atomic E-state index is 12.9. The number of benzene rings is 2. The molecule has 0 saturated carbocycles. The third-order valence-corrected chi connectivity index (χ3v) is 5.89. The summed E-state index contributed by atoms with van der Waals surface area (Å²) in [7, 11) is 0. The number of nitrogens with zero attached hydrogens (tertiary/aromatic N) is 3. The number of nitrogens with one attached hydrogen (secondary N) is 1. The molecule has 1 atom stereocenters. The summed E-state index contributed by atoms with van der Waals surface area (Å²) in [6, 6.07) is 11.7. The van der Waals surface area contributed by atoms with Crippen LogP contribution in [0, 0.1) is 13.8 Å². The molecule has 0 radical (unpaired) electrons. The first-order chi connectivity index (χ1) is 14.3. The van der Waals surface area contributed by atoms with Crippen LogP contribution in [0.2, 0.25) is 0 Å². The lowest BCUT2D eigenvalue weighted by Crippen LogP contribution is -2.44. The summed E-state index contributed by atoms with van der Waals surface area (Å²) >= 11 is 0. The van der Waals surface area contributed by atoms with Gasteiger partial charge in [-0.05, 0) is 63.9 Å². The van der Waals surface area contributed by atoms with Crippen molar-refractivity contribution in [3.05, 3.63) is 64.5 Å². The van der Waals surface area contributed by atoms with Gasteiger partial charge in [0.1, 0.15) is 0 Å². The Morgan fingerprint density at radius 3 is 2.53 bits per heavy atom. The van der Waals surface area contributed by atoms with Gasteiger partial charge in [-0.1, -0.05) is 23.8 Å². The highest BCUT2D eigenvalue weighted by Crippen LogP contribution is 2.24. The van der Waals surface area contributed by atoms with Crippen molar-refractivity contribution >= 4 is 22.8 Å². The Morgan fingerprint density at radius 1 is 1.07 bits per heavy atom. The van der Waals surface area contributed by atoms with Crippen LogP contribution in [0.4, 0.5) is 0 Å². The predicted octanol–water partition coefficient (Wildman–Crippen LogP) is 4.01. The molecule has 0 aliphatic carbocycles. The fourth-order valence-corrected chi connectivity index (χ4v) is 4.26. The smallest absolute Gasteiger partial charge is 0.290 e. The average molecular weight is 405 g/mol. The van der Waals surface area contributed by atoms with Gasteiger partial charge in [-0.15, -0.1) is 0 Å². The summed E-state index contributed by atoms with van der Waals surface area (Å²) in [5.74, 6) is 0.249. The van der Waals surface area contributed by atoms with Gasteiger partial charge in [0.2, 0.25) is 0 Å². The van der Waals surface area contributed by atoms with E-state index in [1.54, 1.807) is 12.1 Å². The van der Waals surface area contributed by atoms with Crippen molar-refractivity contribution in [1.82, 2.24) is 19.8 Å². The molecule has 156 valence electrons. The molecule has 6 nitrogen and oxygen atoms in total. The molecule has 1 aliphatic heterocycles. The Hall–Kier alpha value is -3.15. The molecule has 30 heavy (non-hydrogen) atoms. The molecule has 1 N–H and O–H groups in total. The molecule has 0 unspecified atom stereocenters. The van der Waals surface area contributed by atoms with Crippen molar-refractivity contribution in [2.45, 2.75) is 53.2 Å². The van der Waals surface area contributed by atoms with E-state index in [1.165, 1.54) is 5.56 Å². The first-order valence-corrected chi connectivity index (χ1v) is 10.5. The highest BCUT2D eigenvalue weighted by Gasteiger charge is 2.29. The van der Waals surface area contributed by atoms with Gasteiger partial charge in [0.05, 0.1) is 17.1 Å². The van der Waals surface area contributed by atoms with Crippen LogP contribution in [-0.4, -0.2) is 38.9 Å². The fourth-order valence-electron chi connectivity index (χ4n) is 4.26. The lowest BCUT2D eigenvalue weighted by atomic mass is 10.00. The van der Waals surface area contributed by atoms with Crippen molar-refractivity contribution in [2.24, 2.45) is 0 Å². The monoisotopic (exact) mass is 404 g/mol. The normalized spacial score (nSPS) is 14.9. The molecular formula is C24H28N4O2. The van der Waals surface area contributed by atoms with Crippen LogP contribution in [0.3, 0.4) is 0 Å². The van der Waals surface area contributed by atoms with Gasteiger partial charge < -0.3 is 14.8 Å². The maximum Gasteiger partial charge on any atom is 0.290 e. The van der Waals surface area contributed by atoms with Crippen LogP contribution in [0.5, 0.6) is 0 Å². The van der Waals surface area contributed by atoms with E-state index in [9.17, 15) is 9.59 Å². The Labute approximate surface area is 176 Å². The molecule has 2 heterocycles. The summed E-state index contributed by atoms with van der Waals surface area (Å²) in [6.45, 7) is 11.5. The first kappa shape index (κ1) is 20.1. The van der Waals surface area contributed by atoms with Crippen molar-refractivity contribution in [2.75, 3.05) is 6.54 Å². The molecule has 2 aromatic carbocycles. The van der Waals surface area contributed by atoms with Crippen LogP contribution in [-0.2, 0) is 6.54 Å². The average Bonchev–Trinajstić information content (AvgIpc) is 3.06. The minimum atomic E-state index is -0.148. The molecule has 2 amide bonds. The zero-order valence-corrected chi connectivity index (χ0v) is 18.2. The molecule has 0 fully saturated rings. The number of hydrogen-bond donors (Lipinski definition) is 1. The molecule has 1 aliphatic rings. The minimum absolute atomic E-state index is 0.0538. The highest BCUT2D eigenvalue weighted by atomic mass is 16.2. The first-order valence-electron chi connectivity index (χ1n) is 10.5. The second kappa shape index (κ2) is 7.59. The minimum Gasteiger partial charge on any atom is -0.346 e. The van der Waals surface area contributed by atoms with E-state index in [-0.39, 0.29) is 23.9 Å². The van der Waals surface area contributed by atoms with E-state index in [0.717, 1.165) is 16.6 Å². The summed E-state index contributed by atoms with van der Waals surface area (Å²) in [5, 5.41) is 3.08. The second-order valence-corrected chi connectivity index (χ2v) is 8.44. The second-order valence-electron chi connectivity index (χ2n) is 8.44. The summed E-state index contributed by atoms with van der Waals surface area (Å²) in [5.41, 5.74) is 5.58. The number of aromatic nitrogens is 2. The van der Waals surface area contributed by atoms with Gasteiger partial charge in [-0.25, -0.2) is 4.98 Å². The fraction of sp³-hybridized carbons (Fsp3) is 0.375. The summed E-state index contributed by atoms with van der Waals surface area (Å²) < 4.78 is 1.95. The molecule has 1 aromatic heterocycles. The highest BCUT2D eigenvalue weighted by molar-refractivity contribution is 6.00. The molecule has 3 aromatic rings. The number of amides is 2. The molecule has 0 saturated heterocycles. The largest absolute Gasteiger partial charge is 0.346 e. The Kier molecular flexibility index (Phi) is 5.10. The van der Waals surface area contributed by atoms with Gasteiger partial charge in [-0.3, -0.25) is 9.59 Å². The number of fused-ring (bicyclic) bond motifs is 3. The Bertz CT molecular complexity index is 1150. The number of aryl methyl sites for hydroxylation is 2. The maximum atomic E-state index is 12.9. The zero-order chi connectivity index (χ0) is 21.6. The number of carbonyl (C=O) groups is 2. The van der Waals surface area contributed by atoms with Gasteiger partial charge in [-0.2, -0.15) is 0 Å². The molecule has 0 bridgehead atoms. The number of carbonyl (C=O) groups excluding carboxylic acids is 2. The van der Waals surface area contributed by atoms with E-state index < -0.39 is 0 Å². The van der Waals surface area contributed by atoms with Crippen molar-refractivity contribution in [3.63, 3.8) is 0 Å².